The molecule has 0 aliphatic carbocycles. The Kier molecular flexibility index (Phi) is 7.04. The highest BCUT2D eigenvalue weighted by Gasteiger charge is 2.51. The number of nitrogens with zero attached hydrogens (tertiary/aromatic N) is 2. The molecule has 3 aromatic carbocycles. The summed E-state index contributed by atoms with van der Waals surface area (Å²) < 4.78 is 0. The molecule has 34 heavy (non-hydrogen) atoms. The average Bonchev–Trinajstić information content (AvgIpc) is 3.07. The van der Waals surface area contributed by atoms with Gasteiger partial charge in [-0.1, -0.05) is 89.9 Å². The molecule has 4 heteroatoms. The van der Waals surface area contributed by atoms with Crippen LogP contribution in [0.5, 0.6) is 0 Å². The minimum Gasteiger partial charge on any atom is -0.309 e. The molecule has 2 nitrogen and oxygen atoms in total. The molecule has 0 amide bonds. The Balaban J connectivity index is 1.53. The molecule has 0 saturated carbocycles. The zero-order valence-corrected chi connectivity index (χ0v) is 21.6. The molecule has 1 unspecified atom stereocenters. The van der Waals surface area contributed by atoms with Crippen molar-refractivity contribution < 1.29 is 0 Å². The van der Waals surface area contributed by atoms with Crippen molar-refractivity contribution >= 4 is 23.2 Å². The second-order valence-electron chi connectivity index (χ2n) is 10.6. The molecule has 0 radical (unpaired) electrons. The smallest absolute Gasteiger partial charge is 0.0636 e. The molecule has 5 rings (SSSR count). The SMILES string of the molecule is CN(C)CC1(Cc2ccccc2)C[C@H]2CC[C@@H](C1)N2C(c1ccccc1Cl)c1ccccc1Cl. The second kappa shape index (κ2) is 10.0. The van der Waals surface area contributed by atoms with Gasteiger partial charge in [0.05, 0.1) is 6.04 Å². The summed E-state index contributed by atoms with van der Waals surface area (Å²) in [5.41, 5.74) is 4.05. The van der Waals surface area contributed by atoms with E-state index in [1.807, 2.05) is 24.3 Å². The third-order valence-electron chi connectivity index (χ3n) is 7.79. The van der Waals surface area contributed by atoms with E-state index in [9.17, 15) is 0 Å². The summed E-state index contributed by atoms with van der Waals surface area (Å²) in [5, 5.41) is 1.64. The Morgan fingerprint density at radius 3 is 1.79 bits per heavy atom. The van der Waals surface area contributed by atoms with Crippen molar-refractivity contribution in [2.75, 3.05) is 20.6 Å². The molecule has 3 atom stereocenters. The third-order valence-corrected chi connectivity index (χ3v) is 8.47. The van der Waals surface area contributed by atoms with Crippen molar-refractivity contribution in [1.82, 2.24) is 9.80 Å². The van der Waals surface area contributed by atoms with E-state index in [1.54, 1.807) is 0 Å². The largest absolute Gasteiger partial charge is 0.309 e. The molecule has 2 fully saturated rings. The molecule has 0 spiro atoms. The van der Waals surface area contributed by atoms with Crippen molar-refractivity contribution in [3.63, 3.8) is 0 Å². The lowest BCUT2D eigenvalue weighted by molar-refractivity contribution is 0.00724. The first-order valence-electron chi connectivity index (χ1n) is 12.4. The zero-order chi connectivity index (χ0) is 23.7. The summed E-state index contributed by atoms with van der Waals surface area (Å²) in [6, 6.07) is 28.8. The normalized spacial score (nSPS) is 24.8. The van der Waals surface area contributed by atoms with E-state index in [0.717, 1.165) is 34.1 Å². The number of piperidine rings is 1. The maximum absolute atomic E-state index is 6.81. The van der Waals surface area contributed by atoms with Gasteiger partial charge < -0.3 is 4.90 Å². The van der Waals surface area contributed by atoms with Gasteiger partial charge in [0.25, 0.3) is 0 Å². The van der Waals surface area contributed by atoms with Crippen LogP contribution in [0.25, 0.3) is 0 Å². The van der Waals surface area contributed by atoms with Crippen LogP contribution >= 0.6 is 23.2 Å². The average molecular weight is 494 g/mol. The molecule has 0 N–H and O–H groups in total. The summed E-state index contributed by atoms with van der Waals surface area (Å²) >= 11 is 13.6. The molecule has 2 aliphatic rings. The summed E-state index contributed by atoms with van der Waals surface area (Å²) in [5.74, 6) is 0. The minimum atomic E-state index is 0.0778. The van der Waals surface area contributed by atoms with Crippen LogP contribution in [0.2, 0.25) is 10.0 Å². The monoisotopic (exact) mass is 492 g/mol. The number of hydrogen-bond donors (Lipinski definition) is 0. The summed E-state index contributed by atoms with van der Waals surface area (Å²) in [6.45, 7) is 1.12. The molecule has 2 bridgehead atoms. The van der Waals surface area contributed by atoms with Crippen molar-refractivity contribution in [1.29, 1.82) is 0 Å². The molecule has 0 aromatic heterocycles. The van der Waals surface area contributed by atoms with Crippen molar-refractivity contribution in [2.45, 2.75) is 50.2 Å². The first kappa shape index (κ1) is 23.9. The van der Waals surface area contributed by atoms with Gasteiger partial charge in [-0.3, -0.25) is 4.90 Å². The van der Waals surface area contributed by atoms with Crippen molar-refractivity contribution in [2.24, 2.45) is 5.41 Å². The van der Waals surface area contributed by atoms with E-state index >= 15 is 0 Å². The Morgan fingerprint density at radius 1 is 0.794 bits per heavy atom. The van der Waals surface area contributed by atoms with Gasteiger partial charge in [-0.25, -0.2) is 0 Å². The van der Waals surface area contributed by atoms with Crippen LogP contribution in [0.15, 0.2) is 78.9 Å². The van der Waals surface area contributed by atoms with Crippen LogP contribution in [-0.4, -0.2) is 42.5 Å². The Hall–Kier alpha value is -1.84. The fraction of sp³-hybridized carbons (Fsp3) is 0.400. The van der Waals surface area contributed by atoms with E-state index in [2.05, 4.69) is 78.5 Å². The number of hydrogen-bond acceptors (Lipinski definition) is 2. The molecule has 3 aromatic rings. The number of benzene rings is 3. The minimum absolute atomic E-state index is 0.0778. The highest BCUT2D eigenvalue weighted by molar-refractivity contribution is 6.32. The first-order chi connectivity index (χ1) is 16.5. The van der Waals surface area contributed by atoms with Crippen molar-refractivity contribution in [3.05, 3.63) is 106 Å². The van der Waals surface area contributed by atoms with Crippen LogP contribution in [0.4, 0.5) is 0 Å². The van der Waals surface area contributed by atoms with Crippen LogP contribution in [0, 0.1) is 5.41 Å². The van der Waals surface area contributed by atoms with E-state index < -0.39 is 0 Å². The van der Waals surface area contributed by atoms with Crippen molar-refractivity contribution in [3.8, 4) is 0 Å². The van der Waals surface area contributed by atoms with Gasteiger partial charge in [-0.15, -0.1) is 0 Å². The fourth-order valence-electron chi connectivity index (χ4n) is 6.81. The molecule has 178 valence electrons. The predicted molar refractivity (Wildman–Crippen MR) is 144 cm³/mol. The van der Waals surface area contributed by atoms with Crippen LogP contribution < -0.4 is 0 Å². The standard InChI is InChI=1S/C30H34Cl2N2/c1-33(2)21-30(18-22-10-4-3-5-11-22)19-23-16-17-24(20-30)34(23)29(25-12-6-8-14-27(25)31)26-13-7-9-15-28(26)32/h3-15,23-24,29H,16-21H2,1-2H3/t23-,24+,30?. The van der Waals surface area contributed by atoms with Crippen LogP contribution in [0.1, 0.15) is 48.4 Å². The quantitative estimate of drug-likeness (QED) is 0.336. The summed E-state index contributed by atoms with van der Waals surface area (Å²) in [7, 11) is 4.44. The van der Waals surface area contributed by atoms with Gasteiger partial charge in [0.15, 0.2) is 0 Å². The van der Waals surface area contributed by atoms with Gasteiger partial charge >= 0.3 is 0 Å². The van der Waals surface area contributed by atoms with E-state index in [1.165, 1.54) is 31.2 Å². The van der Waals surface area contributed by atoms with E-state index in [0.29, 0.717) is 12.1 Å². The molecular weight excluding hydrogens is 459 g/mol. The number of fused-ring (bicyclic) bond motifs is 2. The van der Waals surface area contributed by atoms with E-state index in [-0.39, 0.29) is 11.5 Å². The van der Waals surface area contributed by atoms with Gasteiger partial charge in [0, 0.05) is 28.7 Å². The number of rotatable bonds is 7. The first-order valence-corrected chi connectivity index (χ1v) is 13.2. The topological polar surface area (TPSA) is 6.48 Å². The Morgan fingerprint density at radius 2 is 1.29 bits per heavy atom. The predicted octanol–water partition coefficient (Wildman–Crippen LogP) is 7.50. The molecule has 2 heterocycles. The molecule has 2 saturated heterocycles. The highest BCUT2D eigenvalue weighted by atomic mass is 35.5. The maximum atomic E-state index is 6.81. The third kappa shape index (κ3) is 4.79. The molecular formula is C30H34Cl2N2. The van der Waals surface area contributed by atoms with Crippen LogP contribution in [-0.2, 0) is 6.42 Å². The Bertz CT molecular complexity index is 1050. The van der Waals surface area contributed by atoms with Gasteiger partial charge in [-0.05, 0) is 80.4 Å². The van der Waals surface area contributed by atoms with E-state index in [4.69, 9.17) is 23.2 Å². The lowest BCUT2D eigenvalue weighted by Gasteiger charge is -2.51. The van der Waals surface area contributed by atoms with Gasteiger partial charge in [-0.2, -0.15) is 0 Å². The lowest BCUT2D eigenvalue weighted by Crippen LogP contribution is -2.53. The van der Waals surface area contributed by atoms with Gasteiger partial charge in [0.1, 0.15) is 0 Å². The summed E-state index contributed by atoms with van der Waals surface area (Å²) in [4.78, 5) is 5.15. The summed E-state index contributed by atoms with van der Waals surface area (Å²) in [6.07, 6.45) is 6.00. The highest BCUT2D eigenvalue weighted by Crippen LogP contribution is 2.52. The van der Waals surface area contributed by atoms with Crippen LogP contribution in [0.3, 0.4) is 0 Å². The second-order valence-corrected chi connectivity index (χ2v) is 11.4. The fourth-order valence-corrected chi connectivity index (χ4v) is 7.29. The molecule has 2 aliphatic heterocycles. The number of halogens is 2. The maximum Gasteiger partial charge on any atom is 0.0636 e. The van der Waals surface area contributed by atoms with Gasteiger partial charge in [0.2, 0.25) is 0 Å². The Labute approximate surface area is 214 Å². The lowest BCUT2D eigenvalue weighted by atomic mass is 9.70. The zero-order valence-electron chi connectivity index (χ0n) is 20.1.